The quantitative estimate of drug-likeness (QED) is 0.140. The molecule has 1 amide bonds. The van der Waals surface area contributed by atoms with E-state index in [9.17, 15) is 9.59 Å². The molecule has 0 atom stereocenters. The fourth-order valence-electron chi connectivity index (χ4n) is 3.50. The molecule has 0 aliphatic heterocycles. The molecule has 174 valence electrons. The molecule has 1 aromatic rings. The second-order valence-electron chi connectivity index (χ2n) is 8.07. The van der Waals surface area contributed by atoms with E-state index in [1.165, 1.54) is 64.9 Å². The molecule has 0 saturated carbocycles. The highest BCUT2D eigenvalue weighted by molar-refractivity contribution is 6.67. The maximum Gasteiger partial charge on any atom is 0.252 e. The lowest BCUT2D eigenvalue weighted by Crippen LogP contribution is -2.12. The molecule has 0 saturated heterocycles. The third kappa shape index (κ3) is 13.3. The molecule has 0 bridgehead atoms. The molecule has 0 aromatic heterocycles. The highest BCUT2D eigenvalue weighted by Gasteiger charge is 2.11. The predicted molar refractivity (Wildman–Crippen MR) is 131 cm³/mol. The van der Waals surface area contributed by atoms with Gasteiger partial charge in [-0.15, -0.1) is 0 Å². The van der Waals surface area contributed by atoms with Gasteiger partial charge in [0, 0.05) is 12.0 Å². The van der Waals surface area contributed by atoms with E-state index < -0.39 is 5.24 Å². The highest BCUT2D eigenvalue weighted by atomic mass is 35.5. The van der Waals surface area contributed by atoms with Gasteiger partial charge in [-0.2, -0.15) is 0 Å². The summed E-state index contributed by atoms with van der Waals surface area (Å²) in [5, 5.41) is 2.26. The number of hydrogen-bond donors (Lipinski definition) is 1. The zero-order valence-electron chi connectivity index (χ0n) is 19.4. The summed E-state index contributed by atoms with van der Waals surface area (Å²) >= 11 is 5.52. The summed E-state index contributed by atoms with van der Waals surface area (Å²) in [7, 11) is 1.52. The van der Waals surface area contributed by atoms with Gasteiger partial charge in [0.15, 0.2) is 0 Å². The number of carbonyl (C=O) groups is 2. The lowest BCUT2D eigenvalue weighted by molar-refractivity contribution is -0.116. The number of hydrogen-bond acceptors (Lipinski definition) is 3. The molecular weight excluding hydrogens is 410 g/mol. The Hall–Kier alpha value is -1.81. The van der Waals surface area contributed by atoms with E-state index >= 15 is 0 Å². The third-order valence-electron chi connectivity index (χ3n) is 5.37. The Morgan fingerprint density at radius 2 is 1.48 bits per heavy atom. The summed E-state index contributed by atoms with van der Waals surface area (Å²) in [5.74, 6) is 0.440. The van der Waals surface area contributed by atoms with E-state index in [4.69, 9.17) is 16.3 Å². The Balaban J connectivity index is 2.07. The Kier molecular flexibility index (Phi) is 15.7. The van der Waals surface area contributed by atoms with Gasteiger partial charge >= 0.3 is 0 Å². The number of halogens is 1. The van der Waals surface area contributed by atoms with Crippen LogP contribution in [0.4, 0.5) is 5.69 Å². The molecule has 31 heavy (non-hydrogen) atoms. The molecule has 0 heterocycles. The summed E-state index contributed by atoms with van der Waals surface area (Å²) in [4.78, 5) is 23.5. The molecule has 0 aliphatic rings. The van der Waals surface area contributed by atoms with E-state index in [0.29, 0.717) is 23.4 Å². The topological polar surface area (TPSA) is 55.4 Å². The lowest BCUT2D eigenvalue weighted by atomic mass is 10.1. The van der Waals surface area contributed by atoms with E-state index in [1.807, 2.05) is 0 Å². The van der Waals surface area contributed by atoms with Crippen molar-refractivity contribution in [1.29, 1.82) is 0 Å². The van der Waals surface area contributed by atoms with Gasteiger partial charge in [-0.3, -0.25) is 9.59 Å². The van der Waals surface area contributed by atoms with Crippen molar-refractivity contribution >= 4 is 28.4 Å². The van der Waals surface area contributed by atoms with Crippen LogP contribution in [0.2, 0.25) is 0 Å². The number of unbranched alkanes of at least 4 members (excludes halogenated alkanes) is 11. The van der Waals surface area contributed by atoms with Crippen LogP contribution in [0.15, 0.2) is 30.4 Å². The minimum atomic E-state index is -0.560. The smallest absolute Gasteiger partial charge is 0.252 e. The third-order valence-corrected chi connectivity index (χ3v) is 5.58. The van der Waals surface area contributed by atoms with Gasteiger partial charge in [0.1, 0.15) is 5.75 Å². The van der Waals surface area contributed by atoms with Crippen molar-refractivity contribution in [3.8, 4) is 5.75 Å². The average molecular weight is 450 g/mol. The van der Waals surface area contributed by atoms with Crippen molar-refractivity contribution < 1.29 is 14.3 Å². The van der Waals surface area contributed by atoms with Gasteiger partial charge in [-0.05, 0) is 61.9 Å². The zero-order valence-corrected chi connectivity index (χ0v) is 20.1. The number of methoxy groups -OCH3 is 1. The number of rotatable bonds is 18. The second-order valence-corrected chi connectivity index (χ2v) is 8.41. The van der Waals surface area contributed by atoms with Crippen LogP contribution in [-0.4, -0.2) is 18.3 Å². The summed E-state index contributed by atoms with van der Waals surface area (Å²) in [6, 6.07) is 4.76. The van der Waals surface area contributed by atoms with E-state index in [2.05, 4.69) is 24.4 Å². The summed E-state index contributed by atoms with van der Waals surface area (Å²) in [6.45, 7) is 2.26. The van der Waals surface area contributed by atoms with E-state index in [0.717, 1.165) is 25.7 Å². The molecule has 1 N–H and O–H groups in total. The number of benzene rings is 1. The van der Waals surface area contributed by atoms with Crippen LogP contribution in [0.1, 0.15) is 107 Å². The van der Waals surface area contributed by atoms with Crippen molar-refractivity contribution in [2.75, 3.05) is 12.4 Å². The summed E-state index contributed by atoms with van der Waals surface area (Å²) in [6.07, 6.45) is 21.1. The van der Waals surface area contributed by atoms with Crippen LogP contribution >= 0.6 is 11.6 Å². The standard InChI is InChI=1S/C26H40ClNO3/c1-3-4-5-6-7-8-9-10-11-12-13-14-15-16-17-18-25(29)28-23-21-22(26(27)30)19-20-24(23)31-2/h10-11,19-21H,3-9,12-18H2,1-2H3,(H,28,29). The van der Waals surface area contributed by atoms with Crippen LogP contribution in [0.5, 0.6) is 5.75 Å². The van der Waals surface area contributed by atoms with Gasteiger partial charge in [0.05, 0.1) is 12.8 Å². The van der Waals surface area contributed by atoms with E-state index in [-0.39, 0.29) is 5.91 Å². The van der Waals surface area contributed by atoms with Gasteiger partial charge in [-0.25, -0.2) is 0 Å². The minimum absolute atomic E-state index is 0.0740. The van der Waals surface area contributed by atoms with Crippen molar-refractivity contribution in [3.63, 3.8) is 0 Å². The first kappa shape index (κ1) is 27.2. The van der Waals surface area contributed by atoms with Crippen LogP contribution in [0.3, 0.4) is 0 Å². The largest absolute Gasteiger partial charge is 0.495 e. The number of ether oxygens (including phenoxy) is 1. The number of nitrogens with one attached hydrogen (secondary N) is 1. The number of amides is 1. The molecule has 0 fully saturated rings. The van der Waals surface area contributed by atoms with Gasteiger partial charge in [0.2, 0.25) is 5.91 Å². The SMILES string of the molecule is CCCCCCCCC=CCCCCCCCC(=O)Nc1cc(C(=O)Cl)ccc1OC. The molecule has 4 nitrogen and oxygen atoms in total. The first-order valence-corrected chi connectivity index (χ1v) is 12.3. The second kappa shape index (κ2) is 17.8. The summed E-state index contributed by atoms with van der Waals surface area (Å²) < 4.78 is 5.24. The lowest BCUT2D eigenvalue weighted by Gasteiger charge is -2.11. The molecule has 0 aliphatic carbocycles. The average Bonchev–Trinajstić information content (AvgIpc) is 2.76. The number of carbonyl (C=O) groups excluding carboxylic acids is 2. The van der Waals surface area contributed by atoms with Gasteiger partial charge < -0.3 is 10.1 Å². The molecule has 5 heteroatoms. The van der Waals surface area contributed by atoms with Crippen molar-refractivity contribution in [3.05, 3.63) is 35.9 Å². The zero-order chi connectivity index (χ0) is 22.7. The molecular formula is C26H40ClNO3. The number of allylic oxidation sites excluding steroid dienone is 2. The fraction of sp³-hybridized carbons (Fsp3) is 0.615. The molecule has 0 unspecified atom stereocenters. The van der Waals surface area contributed by atoms with Gasteiger partial charge in [0.25, 0.3) is 5.24 Å². The maximum atomic E-state index is 12.2. The van der Waals surface area contributed by atoms with Crippen LogP contribution in [0, 0.1) is 0 Å². The Bertz CT molecular complexity index is 673. The van der Waals surface area contributed by atoms with Crippen molar-refractivity contribution in [1.82, 2.24) is 0 Å². The molecule has 1 aromatic carbocycles. The van der Waals surface area contributed by atoms with Crippen molar-refractivity contribution in [2.45, 2.75) is 96.8 Å². The van der Waals surface area contributed by atoms with Crippen LogP contribution < -0.4 is 10.1 Å². The van der Waals surface area contributed by atoms with E-state index in [1.54, 1.807) is 18.2 Å². The monoisotopic (exact) mass is 449 g/mol. The Labute approximate surface area is 193 Å². The highest BCUT2D eigenvalue weighted by Crippen LogP contribution is 2.26. The normalized spacial score (nSPS) is 11.1. The Morgan fingerprint density at radius 1 is 0.903 bits per heavy atom. The summed E-state index contributed by atoms with van der Waals surface area (Å²) in [5.41, 5.74) is 0.811. The molecule has 0 radical (unpaired) electrons. The predicted octanol–water partition coefficient (Wildman–Crippen LogP) is 8.05. The van der Waals surface area contributed by atoms with Gasteiger partial charge in [-0.1, -0.05) is 70.4 Å². The van der Waals surface area contributed by atoms with Crippen molar-refractivity contribution in [2.24, 2.45) is 0 Å². The first-order valence-electron chi connectivity index (χ1n) is 11.9. The molecule has 0 spiro atoms. The molecule has 1 rings (SSSR count). The van der Waals surface area contributed by atoms with Crippen LogP contribution in [-0.2, 0) is 4.79 Å². The fourth-order valence-corrected chi connectivity index (χ4v) is 3.61. The minimum Gasteiger partial charge on any atom is -0.495 e. The first-order chi connectivity index (χ1) is 15.1. The maximum absolute atomic E-state index is 12.2. The number of anilines is 1. The van der Waals surface area contributed by atoms with Crippen LogP contribution in [0.25, 0.3) is 0 Å². The Morgan fingerprint density at radius 3 is 2.06 bits per heavy atom.